The van der Waals surface area contributed by atoms with Crippen molar-refractivity contribution in [3.8, 4) is 5.88 Å². The zero-order valence-corrected chi connectivity index (χ0v) is 17.0. The lowest BCUT2D eigenvalue weighted by Crippen LogP contribution is -2.51. The zero-order chi connectivity index (χ0) is 20.1. The maximum atomic E-state index is 12.6. The summed E-state index contributed by atoms with van der Waals surface area (Å²) in [4.78, 5) is 23.1. The molecule has 0 radical (unpaired) electrons. The highest BCUT2D eigenvalue weighted by molar-refractivity contribution is 6.30. The minimum Gasteiger partial charge on any atom is -0.493 e. The summed E-state index contributed by atoms with van der Waals surface area (Å²) in [6.45, 7) is 5.68. The molecular weight excluding hydrogens is 380 g/mol. The lowest BCUT2D eigenvalue weighted by Gasteiger charge is -2.39. The van der Waals surface area contributed by atoms with Crippen molar-refractivity contribution in [1.29, 1.82) is 0 Å². The van der Waals surface area contributed by atoms with Gasteiger partial charge >= 0.3 is 6.09 Å². The summed E-state index contributed by atoms with van der Waals surface area (Å²) in [5.41, 5.74) is 0.102. The van der Waals surface area contributed by atoms with Gasteiger partial charge in [0.2, 0.25) is 5.88 Å². The summed E-state index contributed by atoms with van der Waals surface area (Å²) < 4.78 is 5.60. The van der Waals surface area contributed by atoms with Gasteiger partial charge in [-0.05, 0) is 52.5 Å². The fourth-order valence-corrected chi connectivity index (χ4v) is 4.49. The first kappa shape index (κ1) is 19.1. The molecule has 0 aromatic carbocycles. The number of anilines is 1. The van der Waals surface area contributed by atoms with Crippen LogP contribution in [0.4, 0.5) is 10.6 Å². The van der Waals surface area contributed by atoms with E-state index in [2.05, 4.69) is 15.3 Å². The Kier molecular flexibility index (Phi) is 4.73. The molecule has 2 fully saturated rings. The molecule has 1 unspecified atom stereocenters. The Bertz CT molecular complexity index is 895. The summed E-state index contributed by atoms with van der Waals surface area (Å²) in [5.74, 6) is 0.606. The van der Waals surface area contributed by atoms with Crippen molar-refractivity contribution in [1.82, 2.24) is 14.9 Å². The van der Waals surface area contributed by atoms with Crippen LogP contribution >= 0.6 is 11.6 Å². The fourth-order valence-electron chi connectivity index (χ4n) is 4.30. The van der Waals surface area contributed by atoms with Gasteiger partial charge in [0.15, 0.2) is 0 Å². The van der Waals surface area contributed by atoms with Gasteiger partial charge < -0.3 is 20.1 Å². The van der Waals surface area contributed by atoms with Gasteiger partial charge in [-0.2, -0.15) is 0 Å². The number of pyridine rings is 2. The maximum absolute atomic E-state index is 12.6. The molecule has 7 nitrogen and oxygen atoms in total. The van der Waals surface area contributed by atoms with Crippen molar-refractivity contribution in [2.75, 3.05) is 5.32 Å². The second kappa shape index (κ2) is 6.95. The monoisotopic (exact) mass is 404 g/mol. The fraction of sp³-hybridized carbons (Fsp3) is 0.550. The molecule has 2 aliphatic heterocycles. The van der Waals surface area contributed by atoms with Crippen molar-refractivity contribution in [2.45, 2.75) is 70.2 Å². The molecular formula is C20H25ClN4O3. The van der Waals surface area contributed by atoms with Gasteiger partial charge in [-0.1, -0.05) is 11.6 Å². The predicted octanol–water partition coefficient (Wildman–Crippen LogP) is 4.33. The number of fused-ring (bicyclic) bond motifs is 3. The molecule has 2 bridgehead atoms. The molecule has 2 saturated heterocycles. The maximum Gasteiger partial charge on any atom is 0.410 e. The lowest BCUT2D eigenvalue weighted by molar-refractivity contribution is 0.00683. The molecule has 28 heavy (non-hydrogen) atoms. The van der Waals surface area contributed by atoms with E-state index in [9.17, 15) is 9.90 Å². The quantitative estimate of drug-likeness (QED) is 0.724. The van der Waals surface area contributed by atoms with E-state index in [4.69, 9.17) is 16.3 Å². The number of hydrogen-bond donors (Lipinski definition) is 2. The number of nitrogens with zero attached hydrogens (tertiary/aromatic N) is 3. The molecule has 150 valence electrons. The normalized spacial score (nSPS) is 24.4. The molecule has 3 atom stereocenters. The minimum atomic E-state index is -0.492. The predicted molar refractivity (Wildman–Crippen MR) is 108 cm³/mol. The minimum absolute atomic E-state index is 0.0515. The first-order valence-corrected chi connectivity index (χ1v) is 10.0. The van der Waals surface area contributed by atoms with Crippen LogP contribution in [0.1, 0.15) is 46.5 Å². The van der Waals surface area contributed by atoms with Crippen molar-refractivity contribution in [3.05, 3.63) is 23.4 Å². The standard InChI is InChI=1S/C20H25ClN4O3/c1-20(2,3)28-19(27)25-12-4-5-13(25)9-11(8-12)22-18-14-6-7-17(26)23-15(14)10-16(21)24-18/h6-7,10-13H,4-5,8-9H2,1-3H3,(H,22,24)(H,23,26)/t11?,12-,13+. The van der Waals surface area contributed by atoms with Crippen LogP contribution in [0, 0.1) is 0 Å². The van der Waals surface area contributed by atoms with E-state index in [0.717, 1.165) is 31.1 Å². The lowest BCUT2D eigenvalue weighted by atomic mass is 9.97. The van der Waals surface area contributed by atoms with Crippen LogP contribution < -0.4 is 5.32 Å². The average molecular weight is 405 g/mol. The van der Waals surface area contributed by atoms with E-state index >= 15 is 0 Å². The van der Waals surface area contributed by atoms with E-state index in [1.807, 2.05) is 25.7 Å². The van der Waals surface area contributed by atoms with Crippen LogP contribution in [-0.4, -0.2) is 49.8 Å². The van der Waals surface area contributed by atoms with Gasteiger partial charge in [0.25, 0.3) is 0 Å². The first-order chi connectivity index (χ1) is 13.2. The summed E-state index contributed by atoms with van der Waals surface area (Å²) in [6.07, 6.45) is 3.42. The summed E-state index contributed by atoms with van der Waals surface area (Å²) in [7, 11) is 0. The molecule has 4 heterocycles. The number of hydrogen-bond acceptors (Lipinski definition) is 6. The van der Waals surface area contributed by atoms with Crippen LogP contribution in [0.25, 0.3) is 10.9 Å². The van der Waals surface area contributed by atoms with E-state index in [1.54, 1.807) is 12.1 Å². The molecule has 0 spiro atoms. The number of carbonyl (C=O) groups is 1. The first-order valence-electron chi connectivity index (χ1n) is 9.64. The number of nitrogens with one attached hydrogen (secondary N) is 1. The van der Waals surface area contributed by atoms with Gasteiger partial charge in [0.1, 0.15) is 16.6 Å². The molecule has 8 heteroatoms. The molecule has 1 amide bonds. The summed E-state index contributed by atoms with van der Waals surface area (Å²) >= 11 is 6.15. The molecule has 2 aromatic rings. The number of ether oxygens (including phenoxy) is 1. The van der Waals surface area contributed by atoms with Crippen LogP contribution in [0.3, 0.4) is 0 Å². The van der Waals surface area contributed by atoms with E-state index < -0.39 is 5.60 Å². The van der Waals surface area contributed by atoms with E-state index in [-0.39, 0.29) is 30.1 Å². The third kappa shape index (κ3) is 3.81. The van der Waals surface area contributed by atoms with Gasteiger partial charge in [-0.25, -0.2) is 14.8 Å². The Hall–Kier alpha value is -2.28. The highest BCUT2D eigenvalue weighted by Crippen LogP contribution is 2.38. The second-order valence-electron chi connectivity index (χ2n) is 8.61. The van der Waals surface area contributed by atoms with Crippen molar-refractivity contribution < 1.29 is 14.6 Å². The third-order valence-electron chi connectivity index (χ3n) is 5.32. The van der Waals surface area contributed by atoms with E-state index in [0.29, 0.717) is 16.5 Å². The molecule has 0 saturated carbocycles. The van der Waals surface area contributed by atoms with Crippen molar-refractivity contribution in [2.24, 2.45) is 0 Å². The molecule has 4 rings (SSSR count). The Balaban J connectivity index is 1.52. The number of piperidine rings is 1. The zero-order valence-electron chi connectivity index (χ0n) is 16.3. The molecule has 2 N–H and O–H groups in total. The number of amides is 1. The number of rotatable bonds is 2. The summed E-state index contributed by atoms with van der Waals surface area (Å²) in [5, 5.41) is 14.3. The third-order valence-corrected chi connectivity index (χ3v) is 5.51. The topological polar surface area (TPSA) is 87.6 Å². The van der Waals surface area contributed by atoms with Crippen LogP contribution in [0.15, 0.2) is 18.2 Å². The van der Waals surface area contributed by atoms with Gasteiger partial charge in [-0.15, -0.1) is 0 Å². The number of aromatic nitrogens is 2. The van der Waals surface area contributed by atoms with Crippen LogP contribution in [0.5, 0.6) is 5.88 Å². The van der Waals surface area contributed by atoms with Crippen LogP contribution in [-0.2, 0) is 4.74 Å². The Morgan fingerprint density at radius 3 is 2.57 bits per heavy atom. The van der Waals surface area contributed by atoms with Gasteiger partial charge in [0.05, 0.1) is 5.52 Å². The Labute approximate surface area is 169 Å². The number of aromatic hydroxyl groups is 1. The smallest absolute Gasteiger partial charge is 0.410 e. The highest BCUT2D eigenvalue weighted by Gasteiger charge is 2.45. The number of carbonyl (C=O) groups excluding carboxylic acids is 1. The van der Waals surface area contributed by atoms with Crippen LogP contribution in [0.2, 0.25) is 5.15 Å². The summed E-state index contributed by atoms with van der Waals surface area (Å²) in [6, 6.07) is 5.47. The van der Waals surface area contributed by atoms with E-state index in [1.165, 1.54) is 6.07 Å². The second-order valence-corrected chi connectivity index (χ2v) is 9.00. The molecule has 2 aromatic heterocycles. The Morgan fingerprint density at radius 1 is 1.25 bits per heavy atom. The molecule has 2 aliphatic rings. The van der Waals surface area contributed by atoms with Crippen molar-refractivity contribution >= 4 is 34.4 Å². The average Bonchev–Trinajstić information content (AvgIpc) is 2.84. The Morgan fingerprint density at radius 2 is 1.93 bits per heavy atom. The van der Waals surface area contributed by atoms with Gasteiger partial charge in [0, 0.05) is 35.6 Å². The van der Waals surface area contributed by atoms with Gasteiger partial charge in [-0.3, -0.25) is 0 Å². The number of halogens is 1. The SMILES string of the molecule is CC(C)(C)OC(=O)N1[C@@H]2CC[C@H]1CC(Nc1nc(Cl)cc3nc(O)ccc13)C2. The largest absolute Gasteiger partial charge is 0.493 e. The van der Waals surface area contributed by atoms with Crippen molar-refractivity contribution in [3.63, 3.8) is 0 Å². The molecule has 0 aliphatic carbocycles. The highest BCUT2D eigenvalue weighted by atomic mass is 35.5.